The van der Waals surface area contributed by atoms with Crippen LogP contribution in [0.2, 0.25) is 0 Å². The van der Waals surface area contributed by atoms with Crippen LogP contribution in [-0.2, 0) is 6.42 Å². The normalized spacial score (nSPS) is 22.9. The third-order valence-corrected chi connectivity index (χ3v) is 10.5. The second-order valence-corrected chi connectivity index (χ2v) is 13.6. The number of nitrogens with zero attached hydrogens (tertiary/aromatic N) is 5. The van der Waals surface area contributed by atoms with Crippen LogP contribution in [0.1, 0.15) is 38.7 Å². The molecule has 0 unspecified atom stereocenters. The fraction of sp³-hybridized carbons (Fsp3) is 0.472. The van der Waals surface area contributed by atoms with Crippen LogP contribution in [0.5, 0.6) is 17.6 Å². The Balaban J connectivity index is 1.26. The molecule has 4 aliphatic rings. The summed E-state index contributed by atoms with van der Waals surface area (Å²) in [5.41, 5.74) is 0.473. The molecule has 0 radical (unpaired) electrons. The topological polar surface area (TPSA) is 116 Å². The summed E-state index contributed by atoms with van der Waals surface area (Å²) in [7, 11) is 0. The number of aryl methyl sites for hydroxylation is 1. The van der Waals surface area contributed by atoms with Gasteiger partial charge in [0.05, 0.1) is 25.3 Å². The van der Waals surface area contributed by atoms with Gasteiger partial charge in [0.25, 0.3) is 0 Å². The van der Waals surface area contributed by atoms with Crippen molar-refractivity contribution in [3.63, 3.8) is 0 Å². The van der Waals surface area contributed by atoms with Crippen LogP contribution in [0.4, 0.5) is 14.6 Å². The van der Waals surface area contributed by atoms with E-state index in [1.54, 1.807) is 6.07 Å². The lowest BCUT2D eigenvalue weighted by Crippen LogP contribution is -2.58. The zero-order valence-corrected chi connectivity index (χ0v) is 27.2. The standard InChI is InChI=1S/C36H40F2N6O4/c1-3-21-15-44-23(14-39-21)17-47-34-29-32(30(38)31(40-34)26-13-24(46)12-20-7-8-27(37)25(4-2)28(20)26)41-35(42-33(29)44)48-19-36(9-10-36)18-43-11-5-6-22(43)16-45/h5-8,12-13,21-23,39,45-46H,3-4,9-11,14-19H2,1-2H3/t21-,22-,23+/m1/s1. The molecule has 1 saturated heterocycles. The van der Waals surface area contributed by atoms with E-state index >= 15 is 8.78 Å². The second-order valence-electron chi connectivity index (χ2n) is 13.6. The molecule has 2 aromatic heterocycles. The SMILES string of the molecule is CCc1c(F)ccc2cc(O)cc(-c3nc4c5c(nc(OCC6(CN7CC=C[C@@H]7CO)CC6)nc5c3F)N3C[C@@H](CC)NC[C@H]3CO4)c12. The van der Waals surface area contributed by atoms with E-state index < -0.39 is 11.6 Å². The molecule has 0 spiro atoms. The van der Waals surface area contributed by atoms with Gasteiger partial charge in [-0.2, -0.15) is 9.97 Å². The lowest BCUT2D eigenvalue weighted by molar-refractivity contribution is 0.123. The summed E-state index contributed by atoms with van der Waals surface area (Å²) in [5, 5.41) is 25.5. The predicted molar refractivity (Wildman–Crippen MR) is 179 cm³/mol. The summed E-state index contributed by atoms with van der Waals surface area (Å²) in [5.74, 6) is -0.523. The van der Waals surface area contributed by atoms with Crippen LogP contribution < -0.4 is 19.7 Å². The minimum absolute atomic E-state index is 0.00195. The van der Waals surface area contributed by atoms with Crippen LogP contribution >= 0.6 is 0 Å². The number of anilines is 1. The van der Waals surface area contributed by atoms with E-state index in [1.165, 1.54) is 18.2 Å². The third kappa shape index (κ3) is 5.30. The summed E-state index contributed by atoms with van der Waals surface area (Å²) >= 11 is 0. The van der Waals surface area contributed by atoms with Gasteiger partial charge < -0.3 is 29.9 Å². The predicted octanol–water partition coefficient (Wildman–Crippen LogP) is 4.73. The summed E-state index contributed by atoms with van der Waals surface area (Å²) < 4.78 is 44.8. The number of aromatic nitrogens is 3. The van der Waals surface area contributed by atoms with Gasteiger partial charge in [0.2, 0.25) is 5.88 Å². The number of phenols is 1. The summed E-state index contributed by atoms with van der Waals surface area (Å²) in [4.78, 5) is 18.7. The fourth-order valence-corrected chi connectivity index (χ4v) is 7.55. The van der Waals surface area contributed by atoms with Gasteiger partial charge in [0.15, 0.2) is 5.82 Å². The first kappa shape index (κ1) is 31.2. The lowest BCUT2D eigenvalue weighted by Gasteiger charge is -2.39. The lowest BCUT2D eigenvalue weighted by atomic mass is 9.94. The van der Waals surface area contributed by atoms with Crippen molar-refractivity contribution in [1.29, 1.82) is 0 Å². The Morgan fingerprint density at radius 1 is 1.12 bits per heavy atom. The van der Waals surface area contributed by atoms with E-state index in [0.717, 1.165) is 32.4 Å². The van der Waals surface area contributed by atoms with Crippen molar-refractivity contribution in [2.75, 3.05) is 50.9 Å². The number of pyridine rings is 1. The molecule has 1 saturated carbocycles. The highest BCUT2D eigenvalue weighted by atomic mass is 19.1. The average Bonchev–Trinajstić information content (AvgIpc) is 3.76. The molecule has 48 heavy (non-hydrogen) atoms. The number of phenolic OH excluding ortho intramolecular Hbond substituents is 1. The monoisotopic (exact) mass is 658 g/mol. The fourth-order valence-electron chi connectivity index (χ4n) is 7.55. The highest BCUT2D eigenvalue weighted by Crippen LogP contribution is 2.48. The Hall–Kier alpha value is -4.13. The quantitative estimate of drug-likeness (QED) is 0.218. The van der Waals surface area contributed by atoms with Gasteiger partial charge in [0, 0.05) is 43.2 Å². The summed E-state index contributed by atoms with van der Waals surface area (Å²) in [6, 6.07) is 6.08. The molecule has 0 bridgehead atoms. The molecule has 12 heteroatoms. The summed E-state index contributed by atoms with van der Waals surface area (Å²) in [6.45, 7) is 7.51. The summed E-state index contributed by atoms with van der Waals surface area (Å²) in [6.07, 6.45) is 7.33. The van der Waals surface area contributed by atoms with Crippen LogP contribution in [0.15, 0.2) is 36.4 Å². The number of aliphatic hydroxyl groups excluding tert-OH is 1. The Kier molecular flexibility index (Phi) is 7.84. The molecule has 1 aliphatic carbocycles. The number of piperazine rings is 1. The molecule has 10 nitrogen and oxygen atoms in total. The van der Waals surface area contributed by atoms with E-state index in [9.17, 15) is 10.2 Å². The van der Waals surface area contributed by atoms with Crippen molar-refractivity contribution >= 4 is 27.5 Å². The number of halogens is 2. The van der Waals surface area contributed by atoms with Crippen molar-refractivity contribution in [2.45, 2.75) is 57.7 Å². The second kappa shape index (κ2) is 12.1. The van der Waals surface area contributed by atoms with E-state index in [-0.39, 0.29) is 71.2 Å². The number of aliphatic hydroxyl groups is 1. The van der Waals surface area contributed by atoms with Gasteiger partial charge in [-0.15, -0.1) is 0 Å². The molecule has 5 heterocycles. The van der Waals surface area contributed by atoms with Crippen molar-refractivity contribution in [2.24, 2.45) is 5.41 Å². The molecule has 252 valence electrons. The third-order valence-electron chi connectivity index (χ3n) is 10.5. The smallest absolute Gasteiger partial charge is 0.319 e. The first-order valence-electron chi connectivity index (χ1n) is 16.9. The van der Waals surface area contributed by atoms with Gasteiger partial charge in [0.1, 0.15) is 40.6 Å². The van der Waals surface area contributed by atoms with E-state index in [1.807, 2.05) is 13.0 Å². The molecule has 3 aliphatic heterocycles. The van der Waals surface area contributed by atoms with E-state index in [2.05, 4.69) is 33.1 Å². The van der Waals surface area contributed by atoms with Crippen molar-refractivity contribution in [1.82, 2.24) is 25.2 Å². The molecular formula is C36H40F2N6O4. The number of benzene rings is 2. The van der Waals surface area contributed by atoms with Gasteiger partial charge >= 0.3 is 6.01 Å². The average molecular weight is 659 g/mol. The number of nitrogens with one attached hydrogen (secondary N) is 1. The van der Waals surface area contributed by atoms with Crippen LogP contribution in [0.3, 0.4) is 0 Å². The molecule has 2 aromatic carbocycles. The Morgan fingerprint density at radius 3 is 2.75 bits per heavy atom. The molecule has 2 fully saturated rings. The molecule has 3 N–H and O–H groups in total. The zero-order valence-electron chi connectivity index (χ0n) is 27.2. The number of ether oxygens (including phenoxy) is 2. The van der Waals surface area contributed by atoms with Gasteiger partial charge in [-0.05, 0) is 60.2 Å². The highest BCUT2D eigenvalue weighted by molar-refractivity contribution is 6.03. The number of rotatable bonds is 9. The first-order valence-corrected chi connectivity index (χ1v) is 16.9. The number of hydrogen-bond acceptors (Lipinski definition) is 10. The molecule has 0 amide bonds. The van der Waals surface area contributed by atoms with Crippen molar-refractivity contribution < 1.29 is 28.5 Å². The van der Waals surface area contributed by atoms with Gasteiger partial charge in [-0.3, -0.25) is 4.90 Å². The Morgan fingerprint density at radius 2 is 1.98 bits per heavy atom. The van der Waals surface area contributed by atoms with Gasteiger partial charge in [-0.25, -0.2) is 13.8 Å². The molecule has 3 atom stereocenters. The van der Waals surface area contributed by atoms with Crippen molar-refractivity contribution in [3.8, 4) is 28.9 Å². The molecular weight excluding hydrogens is 618 g/mol. The molecule has 8 rings (SSSR count). The van der Waals surface area contributed by atoms with Gasteiger partial charge in [-0.1, -0.05) is 32.1 Å². The molecule has 4 aromatic rings. The van der Waals surface area contributed by atoms with E-state index in [4.69, 9.17) is 19.4 Å². The largest absolute Gasteiger partial charge is 0.508 e. The first-order chi connectivity index (χ1) is 23.3. The Bertz CT molecular complexity index is 1930. The van der Waals surface area contributed by atoms with Crippen LogP contribution in [-0.4, -0.2) is 94.2 Å². The van der Waals surface area contributed by atoms with Crippen LogP contribution in [0.25, 0.3) is 32.9 Å². The maximum atomic E-state index is 17.1. The zero-order chi connectivity index (χ0) is 33.2. The number of aromatic hydroxyl groups is 1. The number of fused-ring (bicyclic) bond motifs is 3. The highest BCUT2D eigenvalue weighted by Gasteiger charge is 2.46. The minimum atomic E-state index is -0.722. The minimum Gasteiger partial charge on any atom is -0.508 e. The number of hydrogen-bond donors (Lipinski definition) is 3. The van der Waals surface area contributed by atoms with Crippen molar-refractivity contribution in [3.05, 3.63) is 53.6 Å². The van der Waals surface area contributed by atoms with E-state index in [0.29, 0.717) is 53.7 Å². The maximum absolute atomic E-state index is 17.1. The van der Waals surface area contributed by atoms with Crippen LogP contribution in [0, 0.1) is 17.0 Å². The Labute approximate surface area is 277 Å². The maximum Gasteiger partial charge on any atom is 0.319 e.